The van der Waals surface area contributed by atoms with Crippen LogP contribution in [-0.4, -0.2) is 41.4 Å². The van der Waals surface area contributed by atoms with Gasteiger partial charge in [-0.05, 0) is 49.7 Å². The lowest BCUT2D eigenvalue weighted by molar-refractivity contribution is 0.0548. The minimum Gasteiger partial charge on any atom is -0.458 e. The monoisotopic (exact) mass is 373 g/mol. The third-order valence-electron chi connectivity index (χ3n) is 4.45. The van der Waals surface area contributed by atoms with E-state index in [-0.39, 0.29) is 5.28 Å². The molecule has 1 fully saturated rings. The van der Waals surface area contributed by atoms with Gasteiger partial charge < -0.3 is 19.2 Å². The minimum atomic E-state index is -1.02. The van der Waals surface area contributed by atoms with E-state index in [4.69, 9.17) is 20.8 Å². The van der Waals surface area contributed by atoms with Crippen molar-refractivity contribution in [3.8, 4) is 11.3 Å². The molecule has 3 aromatic rings. The summed E-state index contributed by atoms with van der Waals surface area (Å²) in [6, 6.07) is 9.51. The van der Waals surface area contributed by atoms with Crippen molar-refractivity contribution in [1.82, 2.24) is 9.97 Å². The Hall–Kier alpha value is -2.15. The number of morpholine rings is 1. The minimum absolute atomic E-state index is 0.216. The quantitative estimate of drug-likeness (QED) is 0.707. The number of nitrogens with zero attached hydrogens (tertiary/aromatic N) is 3. The highest BCUT2D eigenvalue weighted by Gasteiger charge is 2.21. The topological polar surface area (TPSA) is 71.6 Å². The molecule has 1 aliphatic rings. The molecule has 0 aliphatic carbocycles. The van der Waals surface area contributed by atoms with Gasteiger partial charge in [0.15, 0.2) is 0 Å². The van der Waals surface area contributed by atoms with Gasteiger partial charge in [0.2, 0.25) is 5.28 Å². The number of ether oxygens (including phenoxy) is 1. The van der Waals surface area contributed by atoms with Gasteiger partial charge >= 0.3 is 0 Å². The average Bonchev–Trinajstić information content (AvgIpc) is 3.12. The van der Waals surface area contributed by atoms with Crippen molar-refractivity contribution < 1.29 is 14.3 Å². The molecule has 4 rings (SSSR count). The lowest BCUT2D eigenvalue weighted by Crippen LogP contribution is -2.37. The molecule has 0 spiro atoms. The summed E-state index contributed by atoms with van der Waals surface area (Å²) in [7, 11) is 0. The zero-order valence-corrected chi connectivity index (χ0v) is 15.5. The number of aliphatic hydroxyl groups is 1. The first kappa shape index (κ1) is 17.3. The molecule has 1 N–H and O–H groups in total. The van der Waals surface area contributed by atoms with Gasteiger partial charge in [0.05, 0.1) is 18.7 Å². The number of benzene rings is 1. The van der Waals surface area contributed by atoms with Crippen molar-refractivity contribution in [2.75, 3.05) is 31.2 Å². The van der Waals surface area contributed by atoms with Crippen LogP contribution in [0.5, 0.6) is 0 Å². The summed E-state index contributed by atoms with van der Waals surface area (Å²) in [4.78, 5) is 11.0. The van der Waals surface area contributed by atoms with Gasteiger partial charge in [-0.3, -0.25) is 0 Å². The molecule has 2 aromatic heterocycles. The number of fused-ring (bicyclic) bond motifs is 1. The Labute approximate surface area is 156 Å². The molecule has 0 atom stereocenters. The highest BCUT2D eigenvalue weighted by Crippen LogP contribution is 2.32. The molecule has 6 nitrogen and oxygen atoms in total. The van der Waals surface area contributed by atoms with E-state index in [2.05, 4.69) is 14.9 Å². The highest BCUT2D eigenvalue weighted by atomic mass is 35.5. The molecule has 3 heterocycles. The summed E-state index contributed by atoms with van der Waals surface area (Å²) in [5.74, 6) is 2.01. The number of halogens is 1. The molecule has 1 aromatic carbocycles. The number of hydrogen-bond acceptors (Lipinski definition) is 6. The predicted molar refractivity (Wildman–Crippen MR) is 101 cm³/mol. The summed E-state index contributed by atoms with van der Waals surface area (Å²) < 4.78 is 11.2. The molecule has 1 saturated heterocycles. The van der Waals surface area contributed by atoms with Crippen LogP contribution in [0.25, 0.3) is 22.2 Å². The van der Waals surface area contributed by atoms with Crippen LogP contribution in [0.1, 0.15) is 19.6 Å². The summed E-state index contributed by atoms with van der Waals surface area (Å²) >= 11 is 6.17. The van der Waals surface area contributed by atoms with E-state index in [1.165, 1.54) is 0 Å². The second-order valence-corrected chi connectivity index (χ2v) is 7.21. The van der Waals surface area contributed by atoms with Crippen molar-refractivity contribution in [3.05, 3.63) is 41.4 Å². The van der Waals surface area contributed by atoms with Gasteiger partial charge in [-0.15, -0.1) is 0 Å². The van der Waals surface area contributed by atoms with Gasteiger partial charge in [-0.25, -0.2) is 4.98 Å². The van der Waals surface area contributed by atoms with Crippen LogP contribution < -0.4 is 4.90 Å². The van der Waals surface area contributed by atoms with Crippen molar-refractivity contribution in [1.29, 1.82) is 0 Å². The fourth-order valence-corrected chi connectivity index (χ4v) is 3.25. The van der Waals surface area contributed by atoms with Crippen LogP contribution in [0, 0.1) is 0 Å². The summed E-state index contributed by atoms with van der Waals surface area (Å²) in [5, 5.41) is 11.2. The molecule has 0 bridgehead atoms. The van der Waals surface area contributed by atoms with E-state index in [0.717, 1.165) is 35.4 Å². The Morgan fingerprint density at radius 1 is 1.12 bits per heavy atom. The first-order valence-corrected chi connectivity index (χ1v) is 8.93. The zero-order chi connectivity index (χ0) is 18.3. The van der Waals surface area contributed by atoms with Crippen LogP contribution in [0.4, 0.5) is 5.82 Å². The first-order chi connectivity index (χ1) is 12.4. The van der Waals surface area contributed by atoms with E-state index in [1.807, 2.05) is 24.3 Å². The molecule has 0 amide bonds. The first-order valence-electron chi connectivity index (χ1n) is 8.55. The van der Waals surface area contributed by atoms with Gasteiger partial charge in [0.1, 0.15) is 22.9 Å². The number of aromatic nitrogens is 2. The van der Waals surface area contributed by atoms with Gasteiger partial charge in [0.25, 0.3) is 0 Å². The molecule has 0 unspecified atom stereocenters. The Morgan fingerprint density at radius 3 is 2.58 bits per heavy atom. The Morgan fingerprint density at radius 2 is 1.88 bits per heavy atom. The molecule has 0 saturated carbocycles. The van der Waals surface area contributed by atoms with Crippen molar-refractivity contribution in [2.24, 2.45) is 0 Å². The van der Waals surface area contributed by atoms with E-state index in [1.54, 1.807) is 19.9 Å². The highest BCUT2D eigenvalue weighted by molar-refractivity contribution is 6.28. The lowest BCUT2D eigenvalue weighted by atomic mass is 10.1. The van der Waals surface area contributed by atoms with Gasteiger partial charge in [0, 0.05) is 24.0 Å². The Balaban J connectivity index is 1.77. The fourth-order valence-electron chi connectivity index (χ4n) is 3.08. The van der Waals surface area contributed by atoms with Crippen molar-refractivity contribution in [2.45, 2.75) is 19.4 Å². The SMILES string of the molecule is CC(C)(O)c1ccc(-c2ccc3c(N4CCOCC4)nc(Cl)nc3c2)o1. The second-order valence-electron chi connectivity index (χ2n) is 6.87. The predicted octanol–water partition coefficient (Wildman–Crippen LogP) is 3.61. The smallest absolute Gasteiger partial charge is 0.224 e. The Kier molecular flexibility index (Phi) is 4.34. The molecular formula is C19H20ClN3O3. The van der Waals surface area contributed by atoms with E-state index >= 15 is 0 Å². The van der Waals surface area contributed by atoms with Crippen molar-refractivity contribution in [3.63, 3.8) is 0 Å². The average molecular weight is 374 g/mol. The maximum absolute atomic E-state index is 10.1. The molecule has 0 radical (unpaired) electrons. The van der Waals surface area contributed by atoms with Crippen LogP contribution in [0.2, 0.25) is 5.28 Å². The summed E-state index contributed by atoms with van der Waals surface area (Å²) in [6.45, 7) is 6.28. The number of anilines is 1. The van der Waals surface area contributed by atoms with Gasteiger partial charge in [-0.1, -0.05) is 6.07 Å². The standard InChI is InChI=1S/C19H20ClN3O3/c1-19(2,24)16-6-5-15(26-16)12-3-4-13-14(11-12)21-18(20)22-17(13)23-7-9-25-10-8-23/h3-6,11,24H,7-10H2,1-2H3. The fraction of sp³-hybridized carbons (Fsp3) is 0.368. The zero-order valence-electron chi connectivity index (χ0n) is 14.7. The van der Waals surface area contributed by atoms with Crippen molar-refractivity contribution >= 4 is 28.3 Å². The number of furan rings is 1. The summed E-state index contributed by atoms with van der Waals surface area (Å²) in [5.41, 5.74) is 0.602. The molecule has 7 heteroatoms. The third-order valence-corrected chi connectivity index (χ3v) is 4.62. The largest absolute Gasteiger partial charge is 0.458 e. The molecule has 26 heavy (non-hydrogen) atoms. The lowest BCUT2D eigenvalue weighted by Gasteiger charge is -2.28. The van der Waals surface area contributed by atoms with E-state index in [9.17, 15) is 5.11 Å². The van der Waals surface area contributed by atoms with Crippen LogP contribution in [0.3, 0.4) is 0 Å². The maximum atomic E-state index is 10.1. The second kappa shape index (κ2) is 6.54. The third kappa shape index (κ3) is 3.28. The van der Waals surface area contributed by atoms with E-state index < -0.39 is 5.60 Å². The van der Waals surface area contributed by atoms with Crippen LogP contribution in [0.15, 0.2) is 34.7 Å². The number of hydrogen-bond donors (Lipinski definition) is 1. The van der Waals surface area contributed by atoms with E-state index in [0.29, 0.717) is 24.7 Å². The Bertz CT molecular complexity index is 943. The van der Waals surface area contributed by atoms with Gasteiger partial charge in [-0.2, -0.15) is 4.98 Å². The summed E-state index contributed by atoms with van der Waals surface area (Å²) in [6.07, 6.45) is 0. The normalized spacial score (nSPS) is 15.6. The maximum Gasteiger partial charge on any atom is 0.224 e. The van der Waals surface area contributed by atoms with Crippen LogP contribution >= 0.6 is 11.6 Å². The number of rotatable bonds is 3. The molecule has 1 aliphatic heterocycles. The molecular weight excluding hydrogens is 354 g/mol. The molecule has 136 valence electrons. The van der Waals surface area contributed by atoms with Crippen LogP contribution in [-0.2, 0) is 10.3 Å².